The van der Waals surface area contributed by atoms with Crippen LogP contribution < -0.4 is 5.32 Å². The summed E-state index contributed by atoms with van der Waals surface area (Å²) in [6.45, 7) is 30.3. The minimum atomic E-state index is -1.56. The molecule has 0 radical (unpaired) electrons. The average molecular weight is 1250 g/mol. The van der Waals surface area contributed by atoms with Crippen LogP contribution in [0, 0.1) is 59.2 Å². The first-order valence-corrected chi connectivity index (χ1v) is 32.5. The molecule has 0 unspecified atom stereocenters. The Hall–Kier alpha value is -6.06. The van der Waals surface area contributed by atoms with Crippen molar-refractivity contribution in [1.29, 1.82) is 0 Å². The van der Waals surface area contributed by atoms with E-state index in [2.05, 4.69) is 10.3 Å². The zero-order chi connectivity index (χ0) is 68.7. The van der Waals surface area contributed by atoms with Crippen LogP contribution in [0.1, 0.15) is 175 Å². The fraction of sp³-hybridized carbons (Fsp3) is 0.791. The van der Waals surface area contributed by atoms with E-state index in [0.717, 1.165) is 4.90 Å². The van der Waals surface area contributed by atoms with Gasteiger partial charge in [0.1, 0.15) is 42.1 Å². The number of imidazole rings is 1. The highest BCUT2D eigenvalue weighted by molar-refractivity contribution is 6.00. The Bertz CT molecular complexity index is 2600. The summed E-state index contributed by atoms with van der Waals surface area (Å²) in [4.78, 5) is 176. The maximum atomic E-state index is 15.4. The Kier molecular flexibility index (Phi) is 31.0. The zero-order valence-corrected chi connectivity index (χ0v) is 59.0. The van der Waals surface area contributed by atoms with E-state index in [1.165, 1.54) is 92.6 Å². The number of aryl methyl sites for hydroxylation is 1. The number of hydrogen-bond donors (Lipinski definition) is 2. The number of rotatable bonds is 15. The molecule has 1 aliphatic rings. The van der Waals surface area contributed by atoms with Crippen molar-refractivity contribution < 1.29 is 57.8 Å². The summed E-state index contributed by atoms with van der Waals surface area (Å²) in [7, 11) is 12.0. The lowest BCUT2D eigenvalue weighted by molar-refractivity contribution is -0.157. The van der Waals surface area contributed by atoms with E-state index in [9.17, 15) is 38.7 Å². The van der Waals surface area contributed by atoms with E-state index in [0.29, 0.717) is 5.82 Å². The number of aliphatic hydroxyl groups excluding tert-OH is 1. The predicted molar refractivity (Wildman–Crippen MR) is 344 cm³/mol. The number of nitrogens with zero attached hydrogens (tertiary/aromatic N) is 9. The molecule has 1 saturated heterocycles. The number of carbonyl (C=O) groups is 11. The van der Waals surface area contributed by atoms with Gasteiger partial charge in [0, 0.05) is 112 Å². The number of Topliss-reactive ketones (excluding diaryl/α,β-unsaturated/α-hetero) is 3. The molecule has 1 aliphatic heterocycles. The fourth-order valence-electron chi connectivity index (χ4n) is 12.2. The summed E-state index contributed by atoms with van der Waals surface area (Å²) in [5.74, 6) is -10.5. The first-order valence-electron chi connectivity index (χ1n) is 32.5. The minimum absolute atomic E-state index is 0.0724. The van der Waals surface area contributed by atoms with Crippen LogP contribution in [0.3, 0.4) is 0 Å². The lowest BCUT2D eigenvalue weighted by atomic mass is 9.84. The molecule has 1 aromatic heterocycles. The topological polar surface area (TPSA) is 261 Å². The lowest BCUT2D eigenvalue weighted by Gasteiger charge is -2.41. The van der Waals surface area contributed by atoms with E-state index < -0.39 is 155 Å². The number of carbonyl (C=O) groups excluding carboxylic acids is 11. The van der Waals surface area contributed by atoms with Crippen molar-refractivity contribution in [3.63, 3.8) is 0 Å². The second-order valence-electron chi connectivity index (χ2n) is 28.3. The summed E-state index contributed by atoms with van der Waals surface area (Å²) < 4.78 is 1.78. The molecule has 506 valence electrons. The van der Waals surface area contributed by atoms with Gasteiger partial charge in [-0.2, -0.15) is 0 Å². The van der Waals surface area contributed by atoms with Gasteiger partial charge in [-0.3, -0.25) is 52.7 Å². The minimum Gasteiger partial charge on any atom is -0.390 e. The van der Waals surface area contributed by atoms with E-state index in [-0.39, 0.29) is 80.8 Å². The molecule has 1 aromatic rings. The second-order valence-corrected chi connectivity index (χ2v) is 28.3. The number of likely N-dealkylation sites (N-methyl/N-ethyl adjacent to an activating group) is 7. The molecule has 8 amide bonds. The van der Waals surface area contributed by atoms with Crippen LogP contribution in [0.4, 0.5) is 0 Å². The molecule has 0 aliphatic carbocycles. The third kappa shape index (κ3) is 21.0. The standard InChI is InChI=1S/C67H116N10O12/c1-26-47-35-55(80)58(59(81)43(14)34-56-68-27-28-70(56)18)77(25)67(89)57(42(12)13)76(24)66(88)52(32-40(8)9)75(23)65(87)51(31-39(6)7)74(22)61(83)45(16)69-60(82)44(15)33-53(78)49(29-37(2)3)73(21)64(86)48(41(10)11)36-54(79)50(30-38(4)5)72(20)62(84)46(17)71(19)63(47)85/h27-28,37-52,57-59,81H,26,29-36H2,1-25H3,(H,69,82)/t43-,44+,45+,46-,47+,48-,49-,50+,51-,52-,57-,58+,59-/m1/s1. The number of aromatic nitrogens is 2. The Morgan fingerprint density at radius 1 is 0.483 bits per heavy atom. The van der Waals surface area contributed by atoms with E-state index in [4.69, 9.17) is 0 Å². The van der Waals surface area contributed by atoms with Gasteiger partial charge in [0.25, 0.3) is 0 Å². The largest absolute Gasteiger partial charge is 0.390 e. The number of ketones is 3. The molecule has 2 rings (SSSR count). The molecule has 0 spiro atoms. The SMILES string of the molecule is CC[C@H]1CC(=O)[C@@H]([C@H](O)[C@H](C)Cc2nccn2C)N(C)C(=O)[C@@H](C(C)C)N(C)C(=O)[C@@H](CC(C)C)N(C)C(=O)[C@@H](CC(C)C)N(C)C(=O)[C@H](C)NC(=O)[C@@H](C)CC(=O)[C@@H](CC(C)C)N(C)C(=O)[C@@H](C(C)C)CC(=O)[C@H](CC(C)C)N(C)C(=O)[C@@H](C)N(C)C1=O. The molecule has 0 bridgehead atoms. The highest BCUT2D eigenvalue weighted by Gasteiger charge is 2.46. The number of hydrogen-bond acceptors (Lipinski definition) is 13. The molecular formula is C67H116N10O12. The van der Waals surface area contributed by atoms with Crippen LogP contribution in [-0.2, 0) is 66.2 Å². The zero-order valence-electron chi connectivity index (χ0n) is 59.0. The van der Waals surface area contributed by atoms with Gasteiger partial charge >= 0.3 is 0 Å². The summed E-state index contributed by atoms with van der Waals surface area (Å²) in [6, 6.07) is -9.42. The Morgan fingerprint density at radius 3 is 1.35 bits per heavy atom. The molecule has 2 heterocycles. The van der Waals surface area contributed by atoms with E-state index >= 15 is 19.2 Å². The quantitative estimate of drug-likeness (QED) is 0.206. The highest BCUT2D eigenvalue weighted by Crippen LogP contribution is 2.30. The molecule has 13 atom stereocenters. The number of aliphatic hydroxyl groups is 1. The second kappa shape index (κ2) is 34.9. The Balaban J connectivity index is 3.02. The molecule has 89 heavy (non-hydrogen) atoms. The molecule has 0 saturated carbocycles. The molecule has 2 N–H and O–H groups in total. The summed E-state index contributed by atoms with van der Waals surface area (Å²) in [6.07, 6.45) is 1.94. The Labute approximate surface area is 533 Å². The van der Waals surface area contributed by atoms with Gasteiger partial charge in [0.05, 0.1) is 18.2 Å². The monoisotopic (exact) mass is 1250 g/mol. The maximum absolute atomic E-state index is 15.4. The first kappa shape index (κ1) is 79.0. The van der Waals surface area contributed by atoms with Gasteiger partial charge in [-0.25, -0.2) is 4.98 Å². The van der Waals surface area contributed by atoms with Crippen LogP contribution >= 0.6 is 0 Å². The van der Waals surface area contributed by atoms with Crippen molar-refractivity contribution in [1.82, 2.24) is 49.2 Å². The van der Waals surface area contributed by atoms with Crippen molar-refractivity contribution in [3.8, 4) is 0 Å². The first-order chi connectivity index (χ1) is 41.1. The molecule has 22 heteroatoms. The summed E-state index contributed by atoms with van der Waals surface area (Å²) in [5.41, 5.74) is 0. The maximum Gasteiger partial charge on any atom is 0.246 e. The van der Waals surface area contributed by atoms with Gasteiger partial charge in [-0.1, -0.05) is 104 Å². The normalized spacial score (nSPS) is 27.3. The lowest BCUT2D eigenvalue weighted by Crippen LogP contribution is -2.62. The number of amides is 8. The van der Waals surface area contributed by atoms with Gasteiger partial charge in [-0.05, 0) is 87.4 Å². The molecular weight excluding hydrogens is 1140 g/mol. The summed E-state index contributed by atoms with van der Waals surface area (Å²) in [5, 5.41) is 15.2. The van der Waals surface area contributed by atoms with Gasteiger partial charge in [0.2, 0.25) is 47.3 Å². The molecule has 22 nitrogen and oxygen atoms in total. The Morgan fingerprint density at radius 2 is 0.910 bits per heavy atom. The number of nitrogens with one attached hydrogen (secondary N) is 1. The van der Waals surface area contributed by atoms with Crippen molar-refractivity contribution in [2.75, 3.05) is 49.3 Å². The molecule has 1 fully saturated rings. The van der Waals surface area contributed by atoms with Crippen molar-refractivity contribution in [3.05, 3.63) is 18.2 Å². The van der Waals surface area contributed by atoms with Crippen LogP contribution in [0.15, 0.2) is 12.4 Å². The van der Waals surface area contributed by atoms with Gasteiger partial charge in [0.15, 0.2) is 17.3 Å². The van der Waals surface area contributed by atoms with Gasteiger partial charge in [-0.15, -0.1) is 0 Å². The fourth-order valence-corrected chi connectivity index (χ4v) is 12.2. The van der Waals surface area contributed by atoms with Crippen molar-refractivity contribution in [2.24, 2.45) is 66.2 Å². The van der Waals surface area contributed by atoms with Gasteiger partial charge < -0.3 is 49.3 Å². The summed E-state index contributed by atoms with van der Waals surface area (Å²) >= 11 is 0. The van der Waals surface area contributed by atoms with E-state index in [1.54, 1.807) is 58.6 Å². The van der Waals surface area contributed by atoms with Crippen LogP contribution in [0.25, 0.3) is 0 Å². The van der Waals surface area contributed by atoms with E-state index in [1.807, 2.05) is 69.2 Å². The third-order valence-corrected chi connectivity index (χ3v) is 18.2. The highest BCUT2D eigenvalue weighted by atomic mass is 16.3. The predicted octanol–water partition coefficient (Wildman–Crippen LogP) is 5.94. The van der Waals surface area contributed by atoms with Crippen LogP contribution in [0.2, 0.25) is 0 Å². The van der Waals surface area contributed by atoms with Crippen LogP contribution in [0.5, 0.6) is 0 Å². The van der Waals surface area contributed by atoms with Crippen LogP contribution in [-0.4, -0.2) is 217 Å². The van der Waals surface area contributed by atoms with Crippen molar-refractivity contribution >= 4 is 64.6 Å². The third-order valence-electron chi connectivity index (χ3n) is 18.2. The van der Waals surface area contributed by atoms with Crippen molar-refractivity contribution in [2.45, 2.75) is 230 Å². The molecule has 0 aromatic carbocycles. The average Bonchev–Trinajstić information content (AvgIpc) is 1.15. The smallest absolute Gasteiger partial charge is 0.246 e.